The molecular weight excluding hydrogens is 330 g/mol. The minimum Gasteiger partial charge on any atom is -0.410 e. The molecule has 0 aliphatic rings. The maximum Gasteiger partial charge on any atom is 0.277 e. The number of aromatic nitrogens is 2. The number of para-hydroxylation sites is 1. The van der Waals surface area contributed by atoms with Crippen LogP contribution in [0.4, 0.5) is 5.69 Å². The molecule has 0 fully saturated rings. The first kappa shape index (κ1) is 15.8. The highest BCUT2D eigenvalue weighted by Gasteiger charge is 2.19. The molecule has 0 aliphatic carbocycles. The number of thioether (sulfide) groups is 1. The highest BCUT2D eigenvalue weighted by atomic mass is 32.2. The van der Waals surface area contributed by atoms with Gasteiger partial charge in [-0.3, -0.25) is 4.79 Å². The van der Waals surface area contributed by atoms with Crippen LogP contribution in [0.2, 0.25) is 0 Å². The third kappa shape index (κ3) is 3.80. The average molecular weight is 345 g/mol. The van der Waals surface area contributed by atoms with Crippen molar-refractivity contribution < 1.29 is 9.21 Å². The van der Waals surface area contributed by atoms with E-state index in [1.54, 1.807) is 0 Å². The first-order valence-electron chi connectivity index (χ1n) is 7.04. The second-order valence-corrected chi connectivity index (χ2v) is 7.15. The minimum atomic E-state index is -0.341. The van der Waals surface area contributed by atoms with Crippen molar-refractivity contribution in [2.45, 2.75) is 24.3 Å². The Morgan fingerprint density at radius 1 is 1.26 bits per heavy atom. The summed E-state index contributed by atoms with van der Waals surface area (Å²) >= 11 is 2.78. The summed E-state index contributed by atoms with van der Waals surface area (Å²) in [5.41, 5.74) is 1.84. The van der Waals surface area contributed by atoms with Crippen LogP contribution in [0.3, 0.4) is 0 Å². The number of amides is 1. The van der Waals surface area contributed by atoms with Gasteiger partial charge in [0.1, 0.15) is 0 Å². The Hall–Kier alpha value is -2.12. The molecule has 0 radical (unpaired) electrons. The number of nitrogens with zero attached hydrogens (tertiary/aromatic N) is 2. The molecule has 1 atom stereocenters. The molecule has 3 aromatic rings. The fourth-order valence-electron chi connectivity index (χ4n) is 1.91. The molecule has 118 valence electrons. The summed E-state index contributed by atoms with van der Waals surface area (Å²) in [6.07, 6.45) is 0. The van der Waals surface area contributed by atoms with Crippen molar-refractivity contribution in [3.05, 3.63) is 47.3 Å². The van der Waals surface area contributed by atoms with Crippen molar-refractivity contribution in [3.63, 3.8) is 0 Å². The van der Waals surface area contributed by atoms with Crippen LogP contribution in [0, 0.1) is 6.92 Å². The van der Waals surface area contributed by atoms with Crippen molar-refractivity contribution in [2.75, 3.05) is 5.32 Å². The SMILES string of the molecule is Cc1ccccc1NC(=O)[C@H](C)Sc1nnc(-c2cccs2)o1. The third-order valence-electron chi connectivity index (χ3n) is 3.19. The molecule has 7 heteroatoms. The van der Waals surface area contributed by atoms with Crippen molar-refractivity contribution in [1.29, 1.82) is 0 Å². The lowest BCUT2D eigenvalue weighted by molar-refractivity contribution is -0.115. The number of anilines is 1. The quantitative estimate of drug-likeness (QED) is 0.701. The Bertz CT molecular complexity index is 799. The number of carbonyl (C=O) groups excluding carboxylic acids is 1. The molecule has 1 aromatic carbocycles. The van der Waals surface area contributed by atoms with E-state index in [1.807, 2.05) is 55.6 Å². The molecule has 0 spiro atoms. The molecule has 2 heterocycles. The van der Waals surface area contributed by atoms with E-state index < -0.39 is 0 Å². The van der Waals surface area contributed by atoms with Gasteiger partial charge in [0.2, 0.25) is 5.91 Å². The minimum absolute atomic E-state index is 0.0971. The summed E-state index contributed by atoms with van der Waals surface area (Å²) in [5, 5.41) is 12.9. The molecule has 3 rings (SSSR count). The molecule has 0 unspecified atom stereocenters. The first-order chi connectivity index (χ1) is 11.1. The molecule has 0 saturated heterocycles. The number of hydrogen-bond acceptors (Lipinski definition) is 6. The number of nitrogens with one attached hydrogen (secondary N) is 1. The Morgan fingerprint density at radius 3 is 2.83 bits per heavy atom. The van der Waals surface area contributed by atoms with Gasteiger partial charge in [-0.1, -0.05) is 36.0 Å². The number of rotatable bonds is 5. The number of thiophene rings is 1. The average Bonchev–Trinajstić information content (AvgIpc) is 3.20. The van der Waals surface area contributed by atoms with Gasteiger partial charge in [-0.05, 0) is 36.9 Å². The van der Waals surface area contributed by atoms with Crippen molar-refractivity contribution in [2.24, 2.45) is 0 Å². The number of benzene rings is 1. The molecular formula is C16H15N3O2S2. The van der Waals surface area contributed by atoms with Gasteiger partial charge in [0, 0.05) is 5.69 Å². The Balaban J connectivity index is 1.64. The fraction of sp³-hybridized carbons (Fsp3) is 0.188. The monoisotopic (exact) mass is 345 g/mol. The van der Waals surface area contributed by atoms with Gasteiger partial charge in [-0.2, -0.15) is 0 Å². The van der Waals surface area contributed by atoms with Gasteiger partial charge < -0.3 is 9.73 Å². The molecule has 23 heavy (non-hydrogen) atoms. The van der Waals surface area contributed by atoms with E-state index in [9.17, 15) is 4.79 Å². The lowest BCUT2D eigenvalue weighted by Gasteiger charge is -2.11. The summed E-state index contributed by atoms with van der Waals surface area (Å²) in [6.45, 7) is 3.77. The van der Waals surface area contributed by atoms with Crippen LogP contribution >= 0.6 is 23.1 Å². The van der Waals surface area contributed by atoms with Gasteiger partial charge in [-0.15, -0.1) is 21.5 Å². The highest BCUT2D eigenvalue weighted by molar-refractivity contribution is 8.00. The van der Waals surface area contributed by atoms with Crippen molar-refractivity contribution in [1.82, 2.24) is 10.2 Å². The van der Waals surface area contributed by atoms with E-state index in [2.05, 4.69) is 15.5 Å². The largest absolute Gasteiger partial charge is 0.410 e. The van der Waals surface area contributed by atoms with E-state index in [0.717, 1.165) is 16.1 Å². The summed E-state index contributed by atoms with van der Waals surface area (Å²) in [6, 6.07) is 11.5. The van der Waals surface area contributed by atoms with Crippen LogP contribution in [0.25, 0.3) is 10.8 Å². The Labute approximate surface area is 142 Å². The van der Waals surface area contributed by atoms with Gasteiger partial charge >= 0.3 is 0 Å². The van der Waals surface area contributed by atoms with Crippen LogP contribution in [-0.4, -0.2) is 21.4 Å². The van der Waals surface area contributed by atoms with E-state index >= 15 is 0 Å². The lowest BCUT2D eigenvalue weighted by atomic mass is 10.2. The molecule has 1 N–H and O–H groups in total. The zero-order valence-electron chi connectivity index (χ0n) is 12.6. The first-order valence-corrected chi connectivity index (χ1v) is 8.80. The molecule has 5 nitrogen and oxygen atoms in total. The maximum atomic E-state index is 12.3. The van der Waals surface area contributed by atoms with Gasteiger partial charge in [0.15, 0.2) is 0 Å². The van der Waals surface area contributed by atoms with Crippen LogP contribution in [-0.2, 0) is 4.79 Å². The zero-order chi connectivity index (χ0) is 16.2. The topological polar surface area (TPSA) is 68.0 Å². The number of hydrogen-bond donors (Lipinski definition) is 1. The third-order valence-corrected chi connectivity index (χ3v) is 4.98. The van der Waals surface area contributed by atoms with E-state index in [0.29, 0.717) is 11.1 Å². The van der Waals surface area contributed by atoms with Crippen LogP contribution in [0.5, 0.6) is 0 Å². The second-order valence-electron chi connectivity index (χ2n) is 4.91. The molecule has 0 saturated carbocycles. The molecule has 2 aromatic heterocycles. The zero-order valence-corrected chi connectivity index (χ0v) is 14.3. The van der Waals surface area contributed by atoms with E-state index in [1.165, 1.54) is 23.1 Å². The van der Waals surface area contributed by atoms with Crippen LogP contribution in [0.15, 0.2) is 51.4 Å². The Kier molecular flexibility index (Phi) is 4.78. The normalized spacial score (nSPS) is 12.1. The van der Waals surface area contributed by atoms with Gasteiger partial charge in [-0.25, -0.2) is 0 Å². The smallest absolute Gasteiger partial charge is 0.277 e. The predicted molar refractivity (Wildman–Crippen MR) is 92.7 cm³/mol. The van der Waals surface area contributed by atoms with Gasteiger partial charge in [0.25, 0.3) is 11.1 Å². The van der Waals surface area contributed by atoms with Crippen molar-refractivity contribution >= 4 is 34.7 Å². The molecule has 0 bridgehead atoms. The summed E-state index contributed by atoms with van der Waals surface area (Å²) in [4.78, 5) is 13.2. The van der Waals surface area contributed by atoms with Gasteiger partial charge in [0.05, 0.1) is 10.1 Å². The molecule has 0 aliphatic heterocycles. The Morgan fingerprint density at radius 2 is 2.09 bits per heavy atom. The molecule has 1 amide bonds. The number of carbonyl (C=O) groups is 1. The summed E-state index contributed by atoms with van der Waals surface area (Å²) in [7, 11) is 0. The maximum absolute atomic E-state index is 12.3. The summed E-state index contributed by atoms with van der Waals surface area (Å²) in [5.74, 6) is 0.384. The van der Waals surface area contributed by atoms with Crippen LogP contribution in [0.1, 0.15) is 12.5 Å². The lowest BCUT2D eigenvalue weighted by Crippen LogP contribution is -2.22. The van der Waals surface area contributed by atoms with E-state index in [-0.39, 0.29) is 11.2 Å². The van der Waals surface area contributed by atoms with E-state index in [4.69, 9.17) is 4.42 Å². The standard InChI is InChI=1S/C16H15N3O2S2/c1-10-6-3-4-7-12(10)17-14(20)11(2)23-16-19-18-15(21-16)13-8-5-9-22-13/h3-9,11H,1-2H3,(H,17,20)/t11-/m0/s1. The number of aryl methyl sites for hydroxylation is 1. The predicted octanol–water partition coefficient (Wildman–Crippen LogP) is 4.23. The van der Waals surface area contributed by atoms with Crippen molar-refractivity contribution in [3.8, 4) is 10.8 Å². The summed E-state index contributed by atoms with van der Waals surface area (Å²) < 4.78 is 5.59. The second kappa shape index (κ2) is 6.97. The highest BCUT2D eigenvalue weighted by Crippen LogP contribution is 2.29. The van der Waals surface area contributed by atoms with Crippen LogP contribution < -0.4 is 5.32 Å². The fourth-order valence-corrected chi connectivity index (χ4v) is 3.24.